The van der Waals surface area contributed by atoms with Crippen molar-refractivity contribution < 1.29 is 0 Å². The summed E-state index contributed by atoms with van der Waals surface area (Å²) in [5.74, 6) is 2.35. The number of nitrogens with zero attached hydrogens (tertiary/aromatic N) is 6. The lowest BCUT2D eigenvalue weighted by Crippen LogP contribution is -2.44. The molecule has 0 unspecified atom stereocenters. The van der Waals surface area contributed by atoms with Crippen LogP contribution in [0.15, 0.2) is 53.7 Å². The molecule has 1 aliphatic heterocycles. The molecule has 7 nitrogen and oxygen atoms in total. The molecule has 3 heterocycles. The van der Waals surface area contributed by atoms with E-state index < -0.39 is 0 Å². The van der Waals surface area contributed by atoms with Gasteiger partial charge in [0.1, 0.15) is 5.82 Å². The highest BCUT2D eigenvalue weighted by molar-refractivity contribution is 7.98. The molecule has 1 saturated heterocycles. The quantitative estimate of drug-likeness (QED) is 0.176. The van der Waals surface area contributed by atoms with E-state index in [1.807, 2.05) is 28.8 Å². The van der Waals surface area contributed by atoms with Crippen LogP contribution in [0.2, 0.25) is 5.02 Å². The highest BCUT2D eigenvalue weighted by Crippen LogP contribution is 2.29. The highest BCUT2D eigenvalue weighted by Gasteiger charge is 2.18. The molecule has 0 radical (unpaired) electrons. The Morgan fingerprint density at radius 2 is 1.68 bits per heavy atom. The Labute approximate surface area is 234 Å². The van der Waals surface area contributed by atoms with Gasteiger partial charge in [-0.25, -0.2) is 4.98 Å². The van der Waals surface area contributed by atoms with Crippen LogP contribution in [0.5, 0.6) is 0 Å². The number of unbranched alkanes of at least 4 members (excludes halogenated alkanes) is 2. The first kappa shape index (κ1) is 26.8. The molecule has 0 aliphatic carbocycles. The minimum absolute atomic E-state index is 0.622. The number of hydrogen-bond donors (Lipinski definition) is 1. The molecule has 2 aromatic heterocycles. The van der Waals surface area contributed by atoms with E-state index in [0.717, 1.165) is 67.0 Å². The number of anilines is 3. The second-order valence-corrected chi connectivity index (χ2v) is 11.3. The molecule has 1 aliphatic rings. The summed E-state index contributed by atoms with van der Waals surface area (Å²) in [4.78, 5) is 14.4. The number of benzene rings is 2. The van der Waals surface area contributed by atoms with Crippen molar-refractivity contribution in [3.63, 3.8) is 0 Å². The van der Waals surface area contributed by atoms with Crippen LogP contribution >= 0.6 is 23.4 Å². The van der Waals surface area contributed by atoms with E-state index in [-0.39, 0.29) is 0 Å². The molecular weight excluding hydrogens is 514 g/mol. The Morgan fingerprint density at radius 3 is 2.39 bits per heavy atom. The van der Waals surface area contributed by atoms with E-state index in [0.29, 0.717) is 10.9 Å². The van der Waals surface area contributed by atoms with Gasteiger partial charge in [-0.1, -0.05) is 55.3 Å². The SMILES string of the molecule is CCCCCc1c(C)nc2nc(SCc3ccc(Cl)cc3)nn2c1Nc1ccc(N2CCN(C)CC2)cc1. The molecule has 5 rings (SSSR count). The van der Waals surface area contributed by atoms with E-state index in [4.69, 9.17) is 26.7 Å². The lowest BCUT2D eigenvalue weighted by atomic mass is 10.1. The number of hydrogen-bond acceptors (Lipinski definition) is 7. The van der Waals surface area contributed by atoms with E-state index in [2.05, 4.69) is 60.3 Å². The molecule has 0 saturated carbocycles. The number of likely N-dealkylation sites (N-methyl/N-ethyl adjacent to an activating group) is 1. The topological polar surface area (TPSA) is 61.6 Å². The van der Waals surface area contributed by atoms with Gasteiger partial charge in [-0.15, -0.1) is 5.10 Å². The number of fused-ring (bicyclic) bond motifs is 1. The maximum absolute atomic E-state index is 6.04. The van der Waals surface area contributed by atoms with Crippen molar-refractivity contribution in [2.24, 2.45) is 0 Å². The predicted molar refractivity (Wildman–Crippen MR) is 159 cm³/mol. The van der Waals surface area contributed by atoms with Crippen LogP contribution in [0.25, 0.3) is 5.78 Å². The van der Waals surface area contributed by atoms with Crippen molar-refractivity contribution in [3.8, 4) is 0 Å². The summed E-state index contributed by atoms with van der Waals surface area (Å²) >= 11 is 7.65. The third-order valence-electron chi connectivity index (χ3n) is 7.08. The van der Waals surface area contributed by atoms with Crippen LogP contribution in [0.3, 0.4) is 0 Å². The third-order valence-corrected chi connectivity index (χ3v) is 8.24. The first-order chi connectivity index (χ1) is 18.5. The summed E-state index contributed by atoms with van der Waals surface area (Å²) in [6.45, 7) is 8.63. The van der Waals surface area contributed by atoms with Gasteiger partial charge in [0.25, 0.3) is 5.78 Å². The van der Waals surface area contributed by atoms with Crippen molar-refractivity contribution in [2.45, 2.75) is 50.4 Å². The third kappa shape index (κ3) is 6.42. The molecule has 200 valence electrons. The van der Waals surface area contributed by atoms with Gasteiger partial charge in [0, 0.05) is 59.6 Å². The molecule has 0 amide bonds. The van der Waals surface area contributed by atoms with Gasteiger partial charge in [0.05, 0.1) is 0 Å². The Morgan fingerprint density at radius 1 is 0.947 bits per heavy atom. The second-order valence-electron chi connectivity index (χ2n) is 9.97. The first-order valence-corrected chi connectivity index (χ1v) is 14.8. The lowest BCUT2D eigenvalue weighted by molar-refractivity contribution is 0.313. The van der Waals surface area contributed by atoms with Crippen LogP contribution in [-0.2, 0) is 12.2 Å². The number of halogens is 1. The zero-order valence-corrected chi connectivity index (χ0v) is 24.0. The molecule has 0 bridgehead atoms. The fourth-order valence-corrected chi connectivity index (χ4v) is 5.65. The fraction of sp³-hybridized carbons (Fsp3) is 0.414. The summed E-state index contributed by atoms with van der Waals surface area (Å²) in [7, 11) is 2.19. The smallest absolute Gasteiger partial charge is 0.255 e. The summed E-state index contributed by atoms with van der Waals surface area (Å²) in [6, 6.07) is 16.7. The van der Waals surface area contributed by atoms with Crippen LogP contribution < -0.4 is 10.2 Å². The van der Waals surface area contributed by atoms with Gasteiger partial charge >= 0.3 is 0 Å². The number of aromatic nitrogens is 4. The number of aryl methyl sites for hydroxylation is 1. The standard InChI is InChI=1S/C29H36ClN7S/c1-4-5-6-7-26-21(2)31-28-33-29(38-20-22-8-10-23(30)11-9-22)34-37(28)27(26)32-24-12-14-25(15-13-24)36-18-16-35(3)17-19-36/h8-15,32H,4-7,16-20H2,1-3H3. The van der Waals surface area contributed by atoms with E-state index >= 15 is 0 Å². The molecule has 2 aromatic carbocycles. The Hall–Kier alpha value is -2.81. The molecule has 1 N–H and O–H groups in total. The molecular formula is C29H36ClN7S. The lowest BCUT2D eigenvalue weighted by Gasteiger charge is -2.34. The monoisotopic (exact) mass is 549 g/mol. The van der Waals surface area contributed by atoms with E-state index in [1.165, 1.54) is 29.7 Å². The predicted octanol–water partition coefficient (Wildman–Crippen LogP) is 6.61. The van der Waals surface area contributed by atoms with Gasteiger partial charge in [0.2, 0.25) is 5.16 Å². The van der Waals surface area contributed by atoms with Crippen LogP contribution in [0.4, 0.5) is 17.2 Å². The van der Waals surface area contributed by atoms with Crippen molar-refractivity contribution in [1.82, 2.24) is 24.5 Å². The minimum atomic E-state index is 0.622. The molecule has 9 heteroatoms. The highest BCUT2D eigenvalue weighted by atomic mass is 35.5. The number of thioether (sulfide) groups is 1. The van der Waals surface area contributed by atoms with Crippen molar-refractivity contribution in [2.75, 3.05) is 43.4 Å². The van der Waals surface area contributed by atoms with Crippen LogP contribution in [0, 0.1) is 6.92 Å². The molecule has 0 spiro atoms. The number of nitrogens with one attached hydrogen (secondary N) is 1. The van der Waals surface area contributed by atoms with Gasteiger partial charge in [-0.05, 0) is 68.8 Å². The van der Waals surface area contributed by atoms with Gasteiger partial charge < -0.3 is 15.1 Å². The number of piperazine rings is 1. The van der Waals surface area contributed by atoms with Gasteiger partial charge in [-0.2, -0.15) is 9.50 Å². The first-order valence-electron chi connectivity index (χ1n) is 13.4. The summed E-state index contributed by atoms with van der Waals surface area (Å²) in [6.07, 6.45) is 4.45. The largest absolute Gasteiger partial charge is 0.369 e. The zero-order valence-electron chi connectivity index (χ0n) is 22.5. The van der Waals surface area contributed by atoms with Crippen LogP contribution in [-0.4, -0.2) is 57.7 Å². The molecule has 38 heavy (non-hydrogen) atoms. The molecule has 1 fully saturated rings. The number of rotatable bonds is 10. The molecule has 4 aromatic rings. The average molecular weight is 550 g/mol. The van der Waals surface area contributed by atoms with Crippen molar-refractivity contribution in [3.05, 3.63) is 70.4 Å². The maximum Gasteiger partial charge on any atom is 0.255 e. The second kappa shape index (κ2) is 12.4. The Kier molecular flexibility index (Phi) is 8.72. The van der Waals surface area contributed by atoms with Gasteiger partial charge in [-0.3, -0.25) is 0 Å². The van der Waals surface area contributed by atoms with E-state index in [1.54, 1.807) is 11.8 Å². The summed E-state index contributed by atoms with van der Waals surface area (Å²) < 4.78 is 1.88. The Balaban J connectivity index is 1.41. The van der Waals surface area contributed by atoms with Crippen molar-refractivity contribution in [1.29, 1.82) is 0 Å². The van der Waals surface area contributed by atoms with E-state index in [9.17, 15) is 0 Å². The minimum Gasteiger partial charge on any atom is -0.369 e. The Bertz CT molecular complexity index is 1350. The molecule has 0 atom stereocenters. The maximum atomic E-state index is 6.04. The van der Waals surface area contributed by atoms with Crippen LogP contribution in [0.1, 0.15) is 43.0 Å². The average Bonchev–Trinajstić information content (AvgIpc) is 3.33. The van der Waals surface area contributed by atoms with Gasteiger partial charge in [0.15, 0.2) is 0 Å². The normalized spacial score (nSPS) is 14.4. The summed E-state index contributed by atoms with van der Waals surface area (Å²) in [5, 5.41) is 10.0. The van der Waals surface area contributed by atoms with Crippen molar-refractivity contribution >= 4 is 46.3 Å². The zero-order chi connectivity index (χ0) is 26.5. The summed E-state index contributed by atoms with van der Waals surface area (Å²) in [5.41, 5.74) is 5.70. The fourth-order valence-electron chi connectivity index (χ4n) is 4.75.